The molecule has 5 nitrogen and oxygen atoms in total. The van der Waals surface area contributed by atoms with E-state index < -0.39 is 21.9 Å². The van der Waals surface area contributed by atoms with Gasteiger partial charge in [0.25, 0.3) is 10.1 Å². The van der Waals surface area contributed by atoms with Crippen LogP contribution in [-0.2, 0) is 16.3 Å². The first-order valence-electron chi connectivity index (χ1n) is 9.70. The molecular weight excluding hydrogens is 453 g/mol. The largest absolute Gasteiger partial charge is 0.416 e. The SMILES string of the molecule is Cc1cc(-c2ccc(C(F)(F)F)cc2)nc(-c2cccc(-c3cncc(S(=O)(=O)O)c3)c2)c1. The zero-order valence-electron chi connectivity index (χ0n) is 17.2. The molecule has 0 radical (unpaired) electrons. The zero-order chi connectivity index (χ0) is 23.8. The number of nitrogens with zero attached hydrogens (tertiary/aromatic N) is 2. The molecule has 0 aliphatic heterocycles. The maximum atomic E-state index is 12.9. The summed E-state index contributed by atoms with van der Waals surface area (Å²) in [6, 6.07) is 16.9. The van der Waals surface area contributed by atoms with Crippen molar-refractivity contribution in [3.63, 3.8) is 0 Å². The van der Waals surface area contributed by atoms with Gasteiger partial charge in [-0.15, -0.1) is 0 Å². The van der Waals surface area contributed by atoms with E-state index in [1.54, 1.807) is 24.3 Å². The number of halogens is 3. The molecule has 0 unspecified atom stereocenters. The van der Waals surface area contributed by atoms with Crippen LogP contribution in [0.25, 0.3) is 33.6 Å². The number of hydrogen-bond donors (Lipinski definition) is 1. The Morgan fingerprint density at radius 1 is 0.788 bits per heavy atom. The van der Waals surface area contributed by atoms with Crippen LogP contribution >= 0.6 is 0 Å². The molecule has 4 rings (SSSR count). The Bertz CT molecular complexity index is 1430. The van der Waals surface area contributed by atoms with Gasteiger partial charge in [-0.2, -0.15) is 21.6 Å². The fraction of sp³-hybridized carbons (Fsp3) is 0.0833. The van der Waals surface area contributed by atoms with Crippen molar-refractivity contribution < 1.29 is 26.1 Å². The molecule has 0 aliphatic rings. The fourth-order valence-electron chi connectivity index (χ4n) is 3.37. The lowest BCUT2D eigenvalue weighted by Crippen LogP contribution is -2.04. The first kappa shape index (κ1) is 22.6. The predicted molar refractivity (Wildman–Crippen MR) is 118 cm³/mol. The minimum absolute atomic E-state index is 0.316. The second-order valence-corrected chi connectivity index (χ2v) is 8.88. The summed E-state index contributed by atoms with van der Waals surface area (Å²) in [6.07, 6.45) is -1.88. The summed E-state index contributed by atoms with van der Waals surface area (Å²) < 4.78 is 70.8. The van der Waals surface area contributed by atoms with E-state index in [1.807, 2.05) is 19.1 Å². The Hall–Kier alpha value is -3.56. The molecule has 1 N–H and O–H groups in total. The fourth-order valence-corrected chi connectivity index (χ4v) is 3.84. The van der Waals surface area contributed by atoms with Crippen molar-refractivity contribution in [2.45, 2.75) is 18.0 Å². The van der Waals surface area contributed by atoms with Crippen LogP contribution in [0, 0.1) is 6.92 Å². The van der Waals surface area contributed by atoms with Gasteiger partial charge in [0.15, 0.2) is 0 Å². The number of aromatic nitrogens is 2. The lowest BCUT2D eigenvalue weighted by atomic mass is 10.0. The molecule has 0 saturated heterocycles. The third kappa shape index (κ3) is 5.10. The summed E-state index contributed by atoms with van der Waals surface area (Å²) in [4.78, 5) is 8.20. The van der Waals surface area contributed by atoms with Gasteiger partial charge in [-0.1, -0.05) is 30.3 Å². The third-order valence-electron chi connectivity index (χ3n) is 4.98. The van der Waals surface area contributed by atoms with E-state index in [1.165, 1.54) is 24.4 Å². The maximum absolute atomic E-state index is 12.9. The van der Waals surface area contributed by atoms with Crippen molar-refractivity contribution in [3.05, 3.63) is 90.3 Å². The summed E-state index contributed by atoms with van der Waals surface area (Å²) in [6.45, 7) is 1.86. The molecular formula is C24H17F3N2O3S. The highest BCUT2D eigenvalue weighted by Gasteiger charge is 2.30. The van der Waals surface area contributed by atoms with Crippen LogP contribution in [0.15, 0.2) is 84.0 Å². The Labute approximate surface area is 188 Å². The molecule has 0 amide bonds. The number of benzene rings is 2. The quantitative estimate of drug-likeness (QED) is 0.367. The highest BCUT2D eigenvalue weighted by atomic mass is 32.2. The molecule has 0 aliphatic carbocycles. The van der Waals surface area contributed by atoms with Gasteiger partial charge < -0.3 is 0 Å². The monoisotopic (exact) mass is 470 g/mol. The average Bonchev–Trinajstić information content (AvgIpc) is 2.78. The first-order valence-corrected chi connectivity index (χ1v) is 11.1. The van der Waals surface area contributed by atoms with Crippen LogP contribution in [0.5, 0.6) is 0 Å². The van der Waals surface area contributed by atoms with E-state index in [4.69, 9.17) is 0 Å². The van der Waals surface area contributed by atoms with Crippen molar-refractivity contribution in [1.29, 1.82) is 0 Å². The van der Waals surface area contributed by atoms with E-state index in [-0.39, 0.29) is 4.90 Å². The second kappa shape index (κ2) is 8.42. The maximum Gasteiger partial charge on any atom is 0.416 e. The van der Waals surface area contributed by atoms with E-state index >= 15 is 0 Å². The molecule has 2 heterocycles. The highest BCUT2D eigenvalue weighted by Crippen LogP contribution is 2.32. The normalized spacial score (nSPS) is 12.0. The van der Waals surface area contributed by atoms with Crippen LogP contribution in [0.3, 0.4) is 0 Å². The first-order chi connectivity index (χ1) is 15.5. The Morgan fingerprint density at radius 3 is 2.06 bits per heavy atom. The molecule has 168 valence electrons. The van der Waals surface area contributed by atoms with Gasteiger partial charge >= 0.3 is 6.18 Å². The molecule has 4 aromatic rings. The zero-order valence-corrected chi connectivity index (χ0v) is 18.0. The Morgan fingerprint density at radius 2 is 1.42 bits per heavy atom. The molecule has 0 fully saturated rings. The van der Waals surface area contributed by atoms with E-state index in [0.29, 0.717) is 28.1 Å². The van der Waals surface area contributed by atoms with Gasteiger partial charge in [0, 0.05) is 29.1 Å². The van der Waals surface area contributed by atoms with Gasteiger partial charge in [-0.25, -0.2) is 4.98 Å². The minimum Gasteiger partial charge on any atom is -0.282 e. The molecule has 0 atom stereocenters. The van der Waals surface area contributed by atoms with E-state index in [0.717, 1.165) is 29.5 Å². The number of hydrogen-bond acceptors (Lipinski definition) is 4. The summed E-state index contributed by atoms with van der Waals surface area (Å²) in [5, 5.41) is 0. The Kier molecular flexibility index (Phi) is 5.77. The summed E-state index contributed by atoms with van der Waals surface area (Å²) >= 11 is 0. The van der Waals surface area contributed by atoms with Gasteiger partial charge in [0.2, 0.25) is 0 Å². The smallest absolute Gasteiger partial charge is 0.282 e. The molecule has 33 heavy (non-hydrogen) atoms. The molecule has 0 spiro atoms. The average molecular weight is 470 g/mol. The Balaban J connectivity index is 1.73. The topological polar surface area (TPSA) is 80.2 Å². The number of aryl methyl sites for hydroxylation is 1. The molecule has 9 heteroatoms. The van der Waals surface area contributed by atoms with Crippen molar-refractivity contribution >= 4 is 10.1 Å². The van der Waals surface area contributed by atoms with Gasteiger partial charge in [-0.3, -0.25) is 9.54 Å². The van der Waals surface area contributed by atoms with Crippen LogP contribution < -0.4 is 0 Å². The van der Waals surface area contributed by atoms with Gasteiger partial charge in [-0.05, 0) is 54.4 Å². The standard InChI is InChI=1S/C24H17F3N2O3S/c1-15-9-22(16-5-7-20(8-6-16)24(25,26)27)29-23(10-15)18-4-2-3-17(11-18)19-12-21(14-28-13-19)33(30,31)32/h2-14H,1H3,(H,30,31,32). The predicted octanol–water partition coefficient (Wildman–Crippen LogP) is 6.05. The molecule has 0 bridgehead atoms. The molecule has 2 aromatic carbocycles. The van der Waals surface area contributed by atoms with Crippen LogP contribution in [0.2, 0.25) is 0 Å². The lowest BCUT2D eigenvalue weighted by Gasteiger charge is -2.11. The summed E-state index contributed by atoms with van der Waals surface area (Å²) in [5.41, 5.74) is 3.69. The van der Waals surface area contributed by atoms with Crippen LogP contribution in [0.1, 0.15) is 11.1 Å². The highest BCUT2D eigenvalue weighted by molar-refractivity contribution is 7.85. The van der Waals surface area contributed by atoms with E-state index in [2.05, 4.69) is 9.97 Å². The number of alkyl halides is 3. The van der Waals surface area contributed by atoms with Crippen molar-refractivity contribution in [2.24, 2.45) is 0 Å². The van der Waals surface area contributed by atoms with Crippen molar-refractivity contribution in [1.82, 2.24) is 9.97 Å². The van der Waals surface area contributed by atoms with Gasteiger partial charge in [0.05, 0.1) is 17.0 Å². The van der Waals surface area contributed by atoms with Crippen molar-refractivity contribution in [3.8, 4) is 33.6 Å². The summed E-state index contributed by atoms with van der Waals surface area (Å²) in [5.74, 6) is 0. The molecule has 2 aromatic heterocycles. The van der Waals surface area contributed by atoms with Crippen LogP contribution in [-0.4, -0.2) is 22.9 Å². The summed E-state index contributed by atoms with van der Waals surface area (Å²) in [7, 11) is -4.40. The third-order valence-corrected chi connectivity index (χ3v) is 5.80. The number of pyridine rings is 2. The lowest BCUT2D eigenvalue weighted by molar-refractivity contribution is -0.137. The number of rotatable bonds is 4. The minimum atomic E-state index is -4.41. The van der Waals surface area contributed by atoms with E-state index in [9.17, 15) is 26.1 Å². The van der Waals surface area contributed by atoms with Crippen LogP contribution in [0.4, 0.5) is 13.2 Å². The van der Waals surface area contributed by atoms with Gasteiger partial charge in [0.1, 0.15) is 4.90 Å². The molecule has 0 saturated carbocycles. The van der Waals surface area contributed by atoms with Crippen molar-refractivity contribution in [2.75, 3.05) is 0 Å². The second-order valence-electron chi connectivity index (χ2n) is 7.46.